The average molecular weight is 343 g/mol. The van der Waals surface area contributed by atoms with Gasteiger partial charge in [0.1, 0.15) is 0 Å². The van der Waals surface area contributed by atoms with Gasteiger partial charge in [-0.1, -0.05) is 6.42 Å². The van der Waals surface area contributed by atoms with E-state index < -0.39 is 24.1 Å². The summed E-state index contributed by atoms with van der Waals surface area (Å²) >= 11 is 1.87. The number of amides is 2. The Hall–Kier alpha value is -1.16. The number of aliphatic hydroxyl groups excluding tert-OH is 1. The van der Waals surface area contributed by atoms with Crippen molar-refractivity contribution in [3.8, 4) is 0 Å². The van der Waals surface area contributed by atoms with Crippen molar-refractivity contribution in [2.24, 2.45) is 0 Å². The SMILES string of the molecule is O=C(CCCCC1SCC2NC(O)NC21)ON1C(=O)CCC1=O. The summed E-state index contributed by atoms with van der Waals surface area (Å²) in [6.07, 6.45) is 2.24. The standard InChI is InChI=1S/C14H21N3O5S/c18-10-5-6-11(19)17(10)22-12(20)4-2-1-3-9-13-8(7-23-9)15-14(21)16-13/h8-9,13-16,21H,1-7H2. The van der Waals surface area contributed by atoms with E-state index in [2.05, 4.69) is 10.6 Å². The molecule has 0 aromatic heterocycles. The van der Waals surface area contributed by atoms with E-state index in [4.69, 9.17) is 4.84 Å². The van der Waals surface area contributed by atoms with Crippen LogP contribution in [-0.2, 0) is 19.2 Å². The van der Waals surface area contributed by atoms with E-state index in [1.54, 1.807) is 0 Å². The van der Waals surface area contributed by atoms with E-state index >= 15 is 0 Å². The Morgan fingerprint density at radius 2 is 2.00 bits per heavy atom. The maximum absolute atomic E-state index is 11.7. The van der Waals surface area contributed by atoms with Gasteiger partial charge in [0.2, 0.25) is 0 Å². The maximum atomic E-state index is 11.7. The highest BCUT2D eigenvalue weighted by Gasteiger charge is 2.42. The minimum Gasteiger partial charge on any atom is -0.365 e. The lowest BCUT2D eigenvalue weighted by Crippen LogP contribution is -2.38. The van der Waals surface area contributed by atoms with Crippen LogP contribution < -0.4 is 10.6 Å². The first-order valence-electron chi connectivity index (χ1n) is 7.93. The van der Waals surface area contributed by atoms with Crippen LogP contribution in [0.5, 0.6) is 0 Å². The van der Waals surface area contributed by atoms with Crippen molar-refractivity contribution < 1.29 is 24.3 Å². The number of hydrogen-bond acceptors (Lipinski definition) is 8. The lowest BCUT2D eigenvalue weighted by Gasteiger charge is -2.17. The normalized spacial score (nSPS) is 33.3. The van der Waals surface area contributed by atoms with Crippen LogP contribution >= 0.6 is 11.8 Å². The molecule has 8 nitrogen and oxygen atoms in total. The van der Waals surface area contributed by atoms with Gasteiger partial charge in [-0.2, -0.15) is 11.8 Å². The largest absolute Gasteiger partial charge is 0.365 e. The van der Waals surface area contributed by atoms with E-state index in [1.165, 1.54) is 0 Å². The first-order valence-corrected chi connectivity index (χ1v) is 8.98. The Kier molecular flexibility index (Phi) is 5.20. The molecule has 4 atom stereocenters. The van der Waals surface area contributed by atoms with Crippen LogP contribution in [0.3, 0.4) is 0 Å². The number of fused-ring (bicyclic) bond motifs is 1. The molecule has 0 bridgehead atoms. The average Bonchev–Trinajstić information content (AvgIpc) is 3.14. The quantitative estimate of drug-likeness (QED) is 0.437. The van der Waals surface area contributed by atoms with E-state index in [9.17, 15) is 19.5 Å². The molecule has 9 heteroatoms. The summed E-state index contributed by atoms with van der Waals surface area (Å²) in [5.74, 6) is -0.465. The zero-order chi connectivity index (χ0) is 16.4. The number of carbonyl (C=O) groups excluding carboxylic acids is 3. The molecule has 0 spiro atoms. The molecule has 0 aromatic carbocycles. The second-order valence-electron chi connectivity index (χ2n) is 6.03. The molecule has 3 saturated heterocycles. The molecule has 2 amide bonds. The monoisotopic (exact) mass is 343 g/mol. The lowest BCUT2D eigenvalue weighted by molar-refractivity contribution is -0.197. The van der Waals surface area contributed by atoms with Gasteiger partial charge in [-0.05, 0) is 12.8 Å². The van der Waals surface area contributed by atoms with Crippen LogP contribution in [0.15, 0.2) is 0 Å². The molecule has 0 radical (unpaired) electrons. The Labute approximate surface area is 138 Å². The molecular formula is C14H21N3O5S. The number of carbonyl (C=O) groups is 3. The predicted molar refractivity (Wildman–Crippen MR) is 81.7 cm³/mol. The number of thioether (sulfide) groups is 1. The van der Waals surface area contributed by atoms with Crippen LogP contribution in [0.25, 0.3) is 0 Å². The minimum absolute atomic E-state index is 0.112. The first-order chi connectivity index (χ1) is 11.0. The Morgan fingerprint density at radius 3 is 2.74 bits per heavy atom. The molecule has 0 aliphatic carbocycles. The number of nitrogens with one attached hydrogen (secondary N) is 2. The summed E-state index contributed by atoms with van der Waals surface area (Å²) in [7, 11) is 0. The highest BCUT2D eigenvalue weighted by molar-refractivity contribution is 8.00. The second kappa shape index (κ2) is 7.16. The third-order valence-corrected chi connectivity index (χ3v) is 5.87. The molecule has 23 heavy (non-hydrogen) atoms. The first kappa shape index (κ1) is 16.7. The zero-order valence-electron chi connectivity index (χ0n) is 12.7. The summed E-state index contributed by atoms with van der Waals surface area (Å²) in [6.45, 7) is 0. The third-order valence-electron chi connectivity index (χ3n) is 4.36. The van der Waals surface area contributed by atoms with Crippen LogP contribution in [0.2, 0.25) is 0 Å². The minimum atomic E-state index is -0.626. The number of nitrogens with zero attached hydrogens (tertiary/aromatic N) is 1. The number of unbranched alkanes of at least 4 members (excludes halogenated alkanes) is 1. The van der Waals surface area contributed by atoms with E-state index in [-0.39, 0.29) is 25.3 Å². The van der Waals surface area contributed by atoms with Crippen molar-refractivity contribution >= 4 is 29.5 Å². The lowest BCUT2D eigenvalue weighted by atomic mass is 10.0. The Bertz CT molecular complexity index is 487. The molecule has 128 valence electrons. The smallest absolute Gasteiger partial charge is 0.333 e. The van der Waals surface area contributed by atoms with Crippen molar-refractivity contribution in [2.45, 2.75) is 62.2 Å². The fraction of sp³-hybridized carbons (Fsp3) is 0.786. The summed E-state index contributed by atoms with van der Waals surface area (Å²) < 4.78 is 0. The number of hydroxylamine groups is 2. The molecule has 0 aromatic rings. The molecule has 3 heterocycles. The highest BCUT2D eigenvalue weighted by Crippen LogP contribution is 2.33. The van der Waals surface area contributed by atoms with Gasteiger partial charge in [0.15, 0.2) is 6.35 Å². The highest BCUT2D eigenvalue weighted by atomic mass is 32.2. The zero-order valence-corrected chi connectivity index (χ0v) is 13.5. The summed E-state index contributed by atoms with van der Waals surface area (Å²) in [5.41, 5.74) is 0. The number of imide groups is 1. The molecule has 0 saturated carbocycles. The van der Waals surface area contributed by atoms with E-state index in [1.807, 2.05) is 11.8 Å². The van der Waals surface area contributed by atoms with Crippen LogP contribution in [0.4, 0.5) is 0 Å². The van der Waals surface area contributed by atoms with Crippen molar-refractivity contribution in [3.05, 3.63) is 0 Å². The van der Waals surface area contributed by atoms with Crippen LogP contribution in [0, 0.1) is 0 Å². The Balaban J connectivity index is 1.33. The summed E-state index contributed by atoms with van der Waals surface area (Å²) in [5, 5.41) is 16.7. The Morgan fingerprint density at radius 1 is 1.26 bits per heavy atom. The van der Waals surface area contributed by atoms with E-state index in [0.29, 0.717) is 22.8 Å². The summed E-state index contributed by atoms with van der Waals surface area (Å²) in [4.78, 5) is 39.2. The van der Waals surface area contributed by atoms with Crippen molar-refractivity contribution in [3.63, 3.8) is 0 Å². The van der Waals surface area contributed by atoms with Gasteiger partial charge in [-0.25, -0.2) is 4.79 Å². The van der Waals surface area contributed by atoms with Crippen molar-refractivity contribution in [1.82, 2.24) is 15.7 Å². The van der Waals surface area contributed by atoms with Gasteiger partial charge in [0, 0.05) is 42.3 Å². The number of aliphatic hydroxyl groups is 1. The van der Waals surface area contributed by atoms with E-state index in [0.717, 1.165) is 18.6 Å². The summed E-state index contributed by atoms with van der Waals surface area (Å²) in [6, 6.07) is 0.568. The maximum Gasteiger partial charge on any atom is 0.333 e. The fourth-order valence-corrected chi connectivity index (χ4v) is 4.75. The van der Waals surface area contributed by atoms with Gasteiger partial charge in [0.25, 0.3) is 11.8 Å². The van der Waals surface area contributed by atoms with Crippen molar-refractivity contribution in [2.75, 3.05) is 5.75 Å². The van der Waals surface area contributed by atoms with Crippen molar-refractivity contribution in [1.29, 1.82) is 0 Å². The van der Waals surface area contributed by atoms with Gasteiger partial charge in [-0.15, -0.1) is 5.06 Å². The fourth-order valence-electron chi connectivity index (χ4n) is 3.19. The van der Waals surface area contributed by atoms with Gasteiger partial charge in [-0.3, -0.25) is 20.2 Å². The number of rotatable bonds is 6. The third kappa shape index (κ3) is 3.85. The molecule has 3 rings (SSSR count). The number of hydrogen-bond donors (Lipinski definition) is 3. The molecule has 3 fully saturated rings. The molecule has 4 unspecified atom stereocenters. The second-order valence-corrected chi connectivity index (χ2v) is 7.30. The topological polar surface area (TPSA) is 108 Å². The van der Waals surface area contributed by atoms with Crippen LogP contribution in [0.1, 0.15) is 38.5 Å². The predicted octanol–water partition coefficient (Wildman–Crippen LogP) is -0.525. The van der Waals surface area contributed by atoms with Crippen LogP contribution in [-0.4, -0.2) is 57.4 Å². The molecule has 3 aliphatic rings. The molecule has 3 N–H and O–H groups in total. The van der Waals surface area contributed by atoms with Gasteiger partial charge < -0.3 is 9.94 Å². The van der Waals surface area contributed by atoms with Gasteiger partial charge >= 0.3 is 5.97 Å². The molecular weight excluding hydrogens is 322 g/mol. The molecule has 3 aliphatic heterocycles. The van der Waals surface area contributed by atoms with Gasteiger partial charge in [0.05, 0.1) is 0 Å².